The molecule has 2 rings (SSSR count). The third-order valence-corrected chi connectivity index (χ3v) is 5.22. The van der Waals surface area contributed by atoms with Crippen molar-refractivity contribution in [2.75, 3.05) is 13.7 Å². The average Bonchev–Trinajstić information content (AvgIpc) is 3.17. The molecule has 2 heterocycles. The maximum absolute atomic E-state index is 5.10. The fraction of sp³-hybridized carbons (Fsp3) is 0.611. The van der Waals surface area contributed by atoms with Crippen molar-refractivity contribution >= 4 is 22.7 Å². The third-order valence-electron chi connectivity index (χ3n) is 3.21. The Labute approximate surface area is 143 Å². The van der Waals surface area contributed by atoms with E-state index in [0.29, 0.717) is 0 Å². The molecule has 0 bridgehead atoms. The minimum absolute atomic E-state index is 0.853. The Balaban J connectivity index is 0.00000116. The SMILES string of the molecule is CC.CCCc1nc(CCc2csc(CCCOC)c2)cs1. The van der Waals surface area contributed by atoms with E-state index >= 15 is 0 Å². The first kappa shape index (κ1) is 19.3. The second-order valence-corrected chi connectivity index (χ2v) is 6.94. The van der Waals surface area contributed by atoms with Gasteiger partial charge in [0.15, 0.2) is 0 Å². The number of rotatable bonds is 9. The van der Waals surface area contributed by atoms with Crippen LogP contribution < -0.4 is 0 Å². The topological polar surface area (TPSA) is 22.1 Å². The number of aryl methyl sites for hydroxylation is 4. The number of hydrogen-bond donors (Lipinski definition) is 0. The number of aromatic nitrogens is 1. The van der Waals surface area contributed by atoms with E-state index in [1.165, 1.54) is 27.6 Å². The molecule has 0 N–H and O–H groups in total. The molecule has 124 valence electrons. The molecule has 0 saturated carbocycles. The van der Waals surface area contributed by atoms with E-state index in [9.17, 15) is 0 Å². The summed E-state index contributed by atoms with van der Waals surface area (Å²) in [4.78, 5) is 6.16. The largest absolute Gasteiger partial charge is 0.385 e. The van der Waals surface area contributed by atoms with Gasteiger partial charge in [0.25, 0.3) is 0 Å². The molecule has 0 fully saturated rings. The summed E-state index contributed by atoms with van der Waals surface area (Å²) in [6.45, 7) is 7.06. The summed E-state index contributed by atoms with van der Waals surface area (Å²) in [6, 6.07) is 2.35. The first-order valence-corrected chi connectivity index (χ1v) is 10.1. The molecule has 4 heteroatoms. The highest BCUT2D eigenvalue weighted by atomic mass is 32.1. The first-order valence-electron chi connectivity index (χ1n) is 8.30. The maximum atomic E-state index is 5.10. The van der Waals surface area contributed by atoms with Gasteiger partial charge in [0.2, 0.25) is 0 Å². The van der Waals surface area contributed by atoms with E-state index in [2.05, 4.69) is 28.7 Å². The van der Waals surface area contributed by atoms with Gasteiger partial charge in [-0.3, -0.25) is 0 Å². The zero-order valence-electron chi connectivity index (χ0n) is 14.4. The van der Waals surface area contributed by atoms with Crippen molar-refractivity contribution in [2.45, 2.75) is 59.3 Å². The molecule has 2 aromatic heterocycles. The van der Waals surface area contributed by atoms with Gasteiger partial charge in [-0.25, -0.2) is 4.98 Å². The lowest BCUT2D eigenvalue weighted by atomic mass is 10.1. The second kappa shape index (κ2) is 11.8. The minimum Gasteiger partial charge on any atom is -0.385 e. The molecule has 0 aliphatic rings. The van der Waals surface area contributed by atoms with Gasteiger partial charge < -0.3 is 4.74 Å². The Morgan fingerprint density at radius 2 is 1.86 bits per heavy atom. The van der Waals surface area contributed by atoms with Crippen LogP contribution in [-0.2, 0) is 30.4 Å². The Hall–Kier alpha value is -0.710. The van der Waals surface area contributed by atoms with Gasteiger partial charge in [0, 0.05) is 24.0 Å². The van der Waals surface area contributed by atoms with Crippen molar-refractivity contribution in [1.29, 1.82) is 0 Å². The molecule has 0 spiro atoms. The fourth-order valence-corrected chi connectivity index (χ4v) is 4.05. The fourth-order valence-electron chi connectivity index (χ4n) is 2.14. The normalized spacial score (nSPS) is 10.4. The van der Waals surface area contributed by atoms with Crippen LogP contribution in [0.25, 0.3) is 0 Å². The van der Waals surface area contributed by atoms with E-state index in [-0.39, 0.29) is 0 Å². The number of methoxy groups -OCH3 is 1. The lowest BCUT2D eigenvalue weighted by Gasteiger charge is -1.97. The second-order valence-electron chi connectivity index (χ2n) is 5.00. The van der Waals surface area contributed by atoms with Crippen LogP contribution in [0.3, 0.4) is 0 Å². The van der Waals surface area contributed by atoms with Crippen molar-refractivity contribution in [3.8, 4) is 0 Å². The number of ether oxygens (including phenoxy) is 1. The van der Waals surface area contributed by atoms with Crippen LogP contribution in [0.2, 0.25) is 0 Å². The summed E-state index contributed by atoms with van der Waals surface area (Å²) in [5.74, 6) is 0. The van der Waals surface area contributed by atoms with Crippen LogP contribution >= 0.6 is 22.7 Å². The number of thiazole rings is 1. The molecule has 0 aliphatic heterocycles. The Morgan fingerprint density at radius 3 is 2.59 bits per heavy atom. The van der Waals surface area contributed by atoms with E-state index < -0.39 is 0 Å². The minimum atomic E-state index is 0.853. The summed E-state index contributed by atoms with van der Waals surface area (Å²) in [5.41, 5.74) is 2.71. The molecule has 2 nitrogen and oxygen atoms in total. The van der Waals surface area contributed by atoms with Gasteiger partial charge >= 0.3 is 0 Å². The number of nitrogens with zero attached hydrogens (tertiary/aromatic N) is 1. The zero-order chi connectivity index (χ0) is 16.2. The smallest absolute Gasteiger partial charge is 0.0928 e. The van der Waals surface area contributed by atoms with Crippen molar-refractivity contribution in [1.82, 2.24) is 4.98 Å². The van der Waals surface area contributed by atoms with Crippen LogP contribution in [0.15, 0.2) is 16.8 Å². The molecule has 0 amide bonds. The van der Waals surface area contributed by atoms with Gasteiger partial charge in [-0.05, 0) is 55.5 Å². The Bertz CT molecular complexity index is 505. The summed E-state index contributed by atoms with van der Waals surface area (Å²) in [7, 11) is 1.76. The van der Waals surface area contributed by atoms with Crippen molar-refractivity contribution < 1.29 is 4.74 Å². The van der Waals surface area contributed by atoms with Crippen LogP contribution in [0.5, 0.6) is 0 Å². The maximum Gasteiger partial charge on any atom is 0.0928 e. The van der Waals surface area contributed by atoms with Crippen LogP contribution in [-0.4, -0.2) is 18.7 Å². The highest BCUT2D eigenvalue weighted by Gasteiger charge is 2.04. The highest BCUT2D eigenvalue weighted by molar-refractivity contribution is 7.10. The van der Waals surface area contributed by atoms with E-state index in [1.807, 2.05) is 25.2 Å². The Morgan fingerprint density at radius 1 is 1.05 bits per heavy atom. The van der Waals surface area contributed by atoms with Gasteiger partial charge in [-0.1, -0.05) is 20.8 Å². The molecule has 0 aromatic carbocycles. The predicted octanol–water partition coefficient (Wildman–Crippen LogP) is 5.55. The van der Waals surface area contributed by atoms with Gasteiger partial charge in [-0.2, -0.15) is 0 Å². The first-order chi connectivity index (χ1) is 10.8. The highest BCUT2D eigenvalue weighted by Crippen LogP contribution is 2.19. The van der Waals surface area contributed by atoms with Crippen LogP contribution in [0, 0.1) is 0 Å². The van der Waals surface area contributed by atoms with Crippen LogP contribution in [0.4, 0.5) is 0 Å². The molecular formula is C18H29NOS2. The van der Waals surface area contributed by atoms with E-state index in [1.54, 1.807) is 18.4 Å². The lowest BCUT2D eigenvalue weighted by Crippen LogP contribution is -1.92. The van der Waals surface area contributed by atoms with Gasteiger partial charge in [-0.15, -0.1) is 22.7 Å². The van der Waals surface area contributed by atoms with Crippen molar-refractivity contribution in [2.24, 2.45) is 0 Å². The zero-order valence-corrected chi connectivity index (χ0v) is 16.0. The molecule has 0 unspecified atom stereocenters. The molecule has 0 saturated heterocycles. The monoisotopic (exact) mass is 339 g/mol. The molecule has 0 atom stereocenters. The summed E-state index contributed by atoms with van der Waals surface area (Å²) < 4.78 is 5.10. The molecule has 22 heavy (non-hydrogen) atoms. The quantitative estimate of drug-likeness (QED) is 0.559. The molecule has 0 aliphatic carbocycles. The van der Waals surface area contributed by atoms with Gasteiger partial charge in [0.05, 0.1) is 10.7 Å². The van der Waals surface area contributed by atoms with E-state index in [4.69, 9.17) is 4.74 Å². The third kappa shape index (κ3) is 7.03. The Kier molecular flexibility index (Phi) is 10.4. The standard InChI is InChI=1S/C16H23NOS2.C2H6/c1-3-5-16-17-14(12-20-16)8-7-13-10-15(19-11-13)6-4-9-18-2;1-2/h10-12H,3-9H2,1-2H3;1-2H3. The summed E-state index contributed by atoms with van der Waals surface area (Å²) >= 11 is 3.68. The predicted molar refractivity (Wildman–Crippen MR) is 99.4 cm³/mol. The summed E-state index contributed by atoms with van der Waals surface area (Å²) in [5, 5.41) is 5.80. The lowest BCUT2D eigenvalue weighted by molar-refractivity contribution is 0.195. The molecule has 0 radical (unpaired) electrons. The number of thiophene rings is 1. The van der Waals surface area contributed by atoms with Crippen molar-refractivity contribution in [3.63, 3.8) is 0 Å². The molecule has 2 aromatic rings. The van der Waals surface area contributed by atoms with E-state index in [0.717, 1.165) is 38.7 Å². The molecular weight excluding hydrogens is 310 g/mol. The summed E-state index contributed by atoms with van der Waals surface area (Å²) in [6.07, 6.45) is 6.72. The van der Waals surface area contributed by atoms with Crippen LogP contribution in [0.1, 0.15) is 54.8 Å². The number of hydrogen-bond acceptors (Lipinski definition) is 4. The van der Waals surface area contributed by atoms with Crippen molar-refractivity contribution in [3.05, 3.63) is 38.0 Å². The van der Waals surface area contributed by atoms with Gasteiger partial charge in [0.1, 0.15) is 0 Å². The average molecular weight is 340 g/mol.